The molecule has 0 amide bonds. The van der Waals surface area contributed by atoms with E-state index in [-0.39, 0.29) is 17.2 Å². The molecule has 0 radical (unpaired) electrons. The highest BCUT2D eigenvalue weighted by atomic mass is 32.2. The first kappa shape index (κ1) is 14.8. The number of carbonyl (C=O) groups is 1. The molecule has 1 saturated heterocycles. The fraction of sp³-hybridized carbons (Fsp3) is 0.462. The fourth-order valence-electron chi connectivity index (χ4n) is 2.33. The summed E-state index contributed by atoms with van der Waals surface area (Å²) < 4.78 is 31.5. The van der Waals surface area contributed by atoms with Gasteiger partial charge in [-0.25, -0.2) is 8.42 Å². The number of methoxy groups -OCH3 is 1. The van der Waals surface area contributed by atoms with Crippen molar-refractivity contribution in [2.75, 3.05) is 20.2 Å². The first-order chi connectivity index (χ1) is 9.46. The number of carboxylic acids is 1. The van der Waals surface area contributed by atoms with Gasteiger partial charge in [-0.2, -0.15) is 4.31 Å². The molecule has 1 N–H and O–H groups in total. The first-order valence-electron chi connectivity index (χ1n) is 6.33. The molecule has 0 bridgehead atoms. The van der Waals surface area contributed by atoms with Gasteiger partial charge in [0.25, 0.3) is 0 Å². The van der Waals surface area contributed by atoms with E-state index in [1.165, 1.54) is 17.5 Å². The van der Waals surface area contributed by atoms with Crippen molar-refractivity contribution in [3.63, 3.8) is 0 Å². The fourth-order valence-corrected chi connectivity index (χ4v) is 4.01. The molecule has 2 rings (SSSR count). The van der Waals surface area contributed by atoms with Crippen molar-refractivity contribution in [3.05, 3.63) is 24.3 Å². The number of ether oxygens (including phenoxy) is 1. The van der Waals surface area contributed by atoms with Crippen molar-refractivity contribution in [2.24, 2.45) is 5.92 Å². The van der Waals surface area contributed by atoms with Gasteiger partial charge >= 0.3 is 5.97 Å². The van der Waals surface area contributed by atoms with Crippen LogP contribution in [0.5, 0.6) is 5.75 Å². The second kappa shape index (κ2) is 5.80. The lowest BCUT2D eigenvalue weighted by molar-refractivity contribution is -0.142. The summed E-state index contributed by atoms with van der Waals surface area (Å²) in [6.07, 6.45) is 1.05. The lowest BCUT2D eigenvalue weighted by Crippen LogP contribution is -2.42. The SMILES string of the molecule is COc1ccccc1S(=O)(=O)N1CCCC(C(=O)O)C1. The third-order valence-corrected chi connectivity index (χ3v) is 5.32. The van der Waals surface area contributed by atoms with Crippen molar-refractivity contribution in [2.45, 2.75) is 17.7 Å². The second-order valence-corrected chi connectivity index (χ2v) is 6.60. The number of hydrogen-bond acceptors (Lipinski definition) is 4. The van der Waals surface area contributed by atoms with Crippen LogP contribution in [0.4, 0.5) is 0 Å². The topological polar surface area (TPSA) is 83.9 Å². The minimum absolute atomic E-state index is 0.00964. The van der Waals surface area contributed by atoms with Crippen LogP contribution in [0.3, 0.4) is 0 Å². The van der Waals surface area contributed by atoms with E-state index in [0.29, 0.717) is 19.4 Å². The van der Waals surface area contributed by atoms with Crippen LogP contribution < -0.4 is 4.74 Å². The van der Waals surface area contributed by atoms with Gasteiger partial charge in [-0.3, -0.25) is 4.79 Å². The van der Waals surface area contributed by atoms with Crippen LogP contribution >= 0.6 is 0 Å². The summed E-state index contributed by atoms with van der Waals surface area (Å²) in [6, 6.07) is 6.35. The van der Waals surface area contributed by atoms with Crippen LogP contribution in [0.1, 0.15) is 12.8 Å². The van der Waals surface area contributed by atoms with Gasteiger partial charge in [0.1, 0.15) is 10.6 Å². The molecule has 1 heterocycles. The maximum absolute atomic E-state index is 12.6. The molecule has 1 aromatic rings. The van der Waals surface area contributed by atoms with Gasteiger partial charge in [0, 0.05) is 13.1 Å². The van der Waals surface area contributed by atoms with Crippen LogP contribution in [-0.2, 0) is 14.8 Å². The van der Waals surface area contributed by atoms with Gasteiger partial charge in [0.15, 0.2) is 0 Å². The van der Waals surface area contributed by atoms with Crippen LogP contribution in [-0.4, -0.2) is 44.0 Å². The third kappa shape index (κ3) is 2.78. The quantitative estimate of drug-likeness (QED) is 0.902. The normalized spacial score (nSPS) is 20.6. The number of sulfonamides is 1. The molecule has 6 nitrogen and oxygen atoms in total. The van der Waals surface area contributed by atoms with Crippen LogP contribution in [0.2, 0.25) is 0 Å². The van der Waals surface area contributed by atoms with E-state index in [0.717, 1.165) is 0 Å². The predicted octanol–water partition coefficient (Wildman–Crippen LogP) is 1.18. The van der Waals surface area contributed by atoms with Crippen LogP contribution in [0, 0.1) is 5.92 Å². The Kier molecular flexibility index (Phi) is 4.29. The van der Waals surface area contributed by atoms with E-state index in [1.54, 1.807) is 18.2 Å². The number of piperidine rings is 1. The lowest BCUT2D eigenvalue weighted by Gasteiger charge is -2.30. The molecule has 0 saturated carbocycles. The summed E-state index contributed by atoms with van der Waals surface area (Å²) in [5, 5.41) is 9.05. The molecule has 20 heavy (non-hydrogen) atoms. The Balaban J connectivity index is 2.32. The molecule has 7 heteroatoms. The molecule has 1 aliphatic heterocycles. The zero-order valence-corrected chi connectivity index (χ0v) is 12.0. The number of para-hydroxylation sites is 1. The molecule has 1 aliphatic rings. The standard InChI is InChI=1S/C13H17NO5S/c1-19-11-6-2-3-7-12(11)20(17,18)14-8-4-5-10(9-14)13(15)16/h2-3,6-7,10H,4-5,8-9H2,1H3,(H,15,16). The molecule has 0 spiro atoms. The predicted molar refractivity (Wildman–Crippen MR) is 72.1 cm³/mol. The Hall–Kier alpha value is -1.60. The summed E-state index contributed by atoms with van der Waals surface area (Å²) in [5.74, 6) is -1.33. The zero-order chi connectivity index (χ0) is 14.8. The highest BCUT2D eigenvalue weighted by Gasteiger charge is 2.34. The number of benzene rings is 1. The number of hydrogen-bond donors (Lipinski definition) is 1. The van der Waals surface area contributed by atoms with E-state index in [9.17, 15) is 13.2 Å². The molecule has 0 aromatic heterocycles. The van der Waals surface area contributed by atoms with Crippen molar-refractivity contribution >= 4 is 16.0 Å². The molecular formula is C13H17NO5S. The van der Waals surface area contributed by atoms with Gasteiger partial charge in [-0.1, -0.05) is 12.1 Å². The van der Waals surface area contributed by atoms with Gasteiger partial charge in [0.2, 0.25) is 10.0 Å². The molecule has 1 fully saturated rings. The van der Waals surface area contributed by atoms with E-state index in [1.807, 2.05) is 0 Å². The minimum Gasteiger partial charge on any atom is -0.495 e. The lowest BCUT2D eigenvalue weighted by atomic mass is 10.0. The van der Waals surface area contributed by atoms with Gasteiger partial charge in [0.05, 0.1) is 13.0 Å². The molecule has 1 unspecified atom stereocenters. The number of rotatable bonds is 4. The van der Waals surface area contributed by atoms with Crippen molar-refractivity contribution in [1.29, 1.82) is 0 Å². The smallest absolute Gasteiger partial charge is 0.307 e. The number of aliphatic carboxylic acids is 1. The summed E-state index contributed by atoms with van der Waals surface area (Å²) in [5.41, 5.74) is 0. The molecule has 110 valence electrons. The van der Waals surface area contributed by atoms with Crippen molar-refractivity contribution < 1.29 is 23.1 Å². The van der Waals surface area contributed by atoms with Crippen LogP contribution in [0.25, 0.3) is 0 Å². The molecular weight excluding hydrogens is 282 g/mol. The van der Waals surface area contributed by atoms with Crippen molar-refractivity contribution in [3.8, 4) is 5.75 Å². The second-order valence-electron chi connectivity index (χ2n) is 4.69. The Morgan fingerprint density at radius 3 is 2.75 bits per heavy atom. The Morgan fingerprint density at radius 1 is 1.40 bits per heavy atom. The molecule has 1 aromatic carbocycles. The minimum atomic E-state index is -3.73. The van der Waals surface area contributed by atoms with E-state index >= 15 is 0 Å². The van der Waals surface area contributed by atoms with E-state index in [4.69, 9.17) is 9.84 Å². The monoisotopic (exact) mass is 299 g/mol. The average Bonchev–Trinajstić information content (AvgIpc) is 2.47. The maximum atomic E-state index is 12.6. The third-order valence-electron chi connectivity index (χ3n) is 3.42. The first-order valence-corrected chi connectivity index (χ1v) is 7.77. The van der Waals surface area contributed by atoms with Gasteiger partial charge < -0.3 is 9.84 Å². The molecule has 1 atom stereocenters. The maximum Gasteiger partial charge on any atom is 0.307 e. The Morgan fingerprint density at radius 2 is 2.10 bits per heavy atom. The Bertz CT molecular complexity index is 599. The van der Waals surface area contributed by atoms with Crippen LogP contribution in [0.15, 0.2) is 29.2 Å². The highest BCUT2D eigenvalue weighted by molar-refractivity contribution is 7.89. The zero-order valence-electron chi connectivity index (χ0n) is 11.2. The average molecular weight is 299 g/mol. The molecule has 0 aliphatic carbocycles. The largest absolute Gasteiger partial charge is 0.495 e. The summed E-state index contributed by atoms with van der Waals surface area (Å²) in [4.78, 5) is 11.1. The summed E-state index contributed by atoms with van der Waals surface area (Å²) >= 11 is 0. The van der Waals surface area contributed by atoms with E-state index in [2.05, 4.69) is 0 Å². The highest BCUT2D eigenvalue weighted by Crippen LogP contribution is 2.29. The Labute approximate surface area is 118 Å². The van der Waals surface area contributed by atoms with Gasteiger partial charge in [-0.15, -0.1) is 0 Å². The summed E-state index contributed by atoms with van der Waals surface area (Å²) in [6.45, 7) is 0.347. The van der Waals surface area contributed by atoms with E-state index < -0.39 is 21.9 Å². The number of nitrogens with zero attached hydrogens (tertiary/aromatic N) is 1. The summed E-state index contributed by atoms with van der Waals surface area (Å²) in [7, 11) is -2.32. The van der Waals surface area contributed by atoms with Crippen molar-refractivity contribution in [1.82, 2.24) is 4.31 Å². The number of carboxylic acid groups (broad SMARTS) is 1. The van der Waals surface area contributed by atoms with Gasteiger partial charge in [-0.05, 0) is 25.0 Å².